The zero-order chi connectivity index (χ0) is 9.40. The van der Waals surface area contributed by atoms with E-state index in [2.05, 4.69) is 12.5 Å². The van der Waals surface area contributed by atoms with Crippen LogP contribution in [-0.4, -0.2) is 6.61 Å². The maximum Gasteiger partial charge on any atom is 0.148 e. The fourth-order valence-corrected chi connectivity index (χ4v) is 0.592. The van der Waals surface area contributed by atoms with Gasteiger partial charge >= 0.3 is 0 Å². The second-order valence-corrected chi connectivity index (χ2v) is 2.28. The van der Waals surface area contributed by atoms with Gasteiger partial charge in [0.15, 0.2) is 0 Å². The number of hydrogen-bond acceptors (Lipinski definition) is 1. The zero-order valence-electron chi connectivity index (χ0n) is 7.63. The van der Waals surface area contributed by atoms with Gasteiger partial charge in [-0.25, -0.2) is 0 Å². The Hall–Kier alpha value is -1.42. The molecule has 0 rings (SSSR count). The highest BCUT2D eigenvalue weighted by atomic mass is 16.5. The number of hydrogen-bond donors (Lipinski definition) is 0. The maximum atomic E-state index is 5.18. The lowest BCUT2D eigenvalue weighted by Crippen LogP contribution is -1.89. The summed E-state index contributed by atoms with van der Waals surface area (Å²) in [6.07, 6.45) is 10.6. The highest BCUT2D eigenvalue weighted by Gasteiger charge is 1.89. The number of ether oxygens (including phenoxy) is 1. The van der Waals surface area contributed by atoms with Crippen LogP contribution in [0.15, 0.2) is 36.1 Å². The number of rotatable bonds is 4. The van der Waals surface area contributed by atoms with Gasteiger partial charge in [0, 0.05) is 0 Å². The third-order valence-electron chi connectivity index (χ3n) is 1.35. The first kappa shape index (κ1) is 10.6. The SMILES string of the molecule is C#CCO/C(C=C)=C/C(C)=C\C. The van der Waals surface area contributed by atoms with E-state index in [1.807, 2.05) is 26.0 Å². The Bertz CT molecular complexity index is 238. The topological polar surface area (TPSA) is 9.23 Å². The molecule has 0 radical (unpaired) electrons. The quantitative estimate of drug-likeness (QED) is 0.351. The average molecular weight is 162 g/mol. The predicted molar refractivity (Wildman–Crippen MR) is 52.5 cm³/mol. The molecule has 0 aliphatic rings. The predicted octanol–water partition coefficient (Wildman–Crippen LogP) is 2.67. The van der Waals surface area contributed by atoms with Gasteiger partial charge in [-0.15, -0.1) is 6.42 Å². The molecule has 64 valence electrons. The van der Waals surface area contributed by atoms with Crippen molar-refractivity contribution in [2.75, 3.05) is 6.61 Å². The summed E-state index contributed by atoms with van der Waals surface area (Å²) in [5.41, 5.74) is 1.13. The normalized spacial score (nSPS) is 12.1. The zero-order valence-corrected chi connectivity index (χ0v) is 7.63. The van der Waals surface area contributed by atoms with Gasteiger partial charge in [0.1, 0.15) is 12.4 Å². The Morgan fingerprint density at radius 3 is 2.75 bits per heavy atom. The Kier molecular flexibility index (Phi) is 5.55. The van der Waals surface area contributed by atoms with Crippen LogP contribution in [0.1, 0.15) is 13.8 Å². The van der Waals surface area contributed by atoms with Crippen LogP contribution in [0.2, 0.25) is 0 Å². The molecule has 0 aromatic heterocycles. The van der Waals surface area contributed by atoms with E-state index in [0.717, 1.165) is 5.57 Å². The van der Waals surface area contributed by atoms with E-state index in [9.17, 15) is 0 Å². The van der Waals surface area contributed by atoms with Crippen LogP contribution in [0.4, 0.5) is 0 Å². The summed E-state index contributed by atoms with van der Waals surface area (Å²) in [4.78, 5) is 0. The first-order valence-electron chi connectivity index (χ1n) is 3.78. The smallest absolute Gasteiger partial charge is 0.148 e. The summed E-state index contributed by atoms with van der Waals surface area (Å²) >= 11 is 0. The Morgan fingerprint density at radius 1 is 1.67 bits per heavy atom. The molecule has 0 saturated carbocycles. The molecule has 0 atom stereocenters. The second kappa shape index (κ2) is 6.30. The van der Waals surface area contributed by atoms with Crippen molar-refractivity contribution in [2.45, 2.75) is 13.8 Å². The van der Waals surface area contributed by atoms with Crippen LogP contribution in [0.25, 0.3) is 0 Å². The summed E-state index contributed by atoms with van der Waals surface area (Å²) < 4.78 is 5.18. The molecular formula is C11H14O. The molecule has 0 heterocycles. The van der Waals surface area contributed by atoms with Crippen molar-refractivity contribution in [3.63, 3.8) is 0 Å². The molecule has 0 saturated heterocycles. The molecule has 0 spiro atoms. The van der Waals surface area contributed by atoms with Crippen molar-refractivity contribution < 1.29 is 4.74 Å². The van der Waals surface area contributed by atoms with Gasteiger partial charge in [0.2, 0.25) is 0 Å². The van der Waals surface area contributed by atoms with Gasteiger partial charge in [-0.1, -0.05) is 24.1 Å². The van der Waals surface area contributed by atoms with Gasteiger partial charge < -0.3 is 4.74 Å². The van der Waals surface area contributed by atoms with E-state index in [1.165, 1.54) is 0 Å². The summed E-state index contributed by atoms with van der Waals surface area (Å²) in [7, 11) is 0. The van der Waals surface area contributed by atoms with Crippen molar-refractivity contribution in [3.05, 3.63) is 36.1 Å². The van der Waals surface area contributed by atoms with Gasteiger partial charge in [-0.2, -0.15) is 0 Å². The minimum atomic E-state index is 0.287. The van der Waals surface area contributed by atoms with E-state index in [1.54, 1.807) is 6.08 Å². The molecule has 0 aromatic carbocycles. The summed E-state index contributed by atoms with van der Waals surface area (Å²) in [6.45, 7) is 7.85. The highest BCUT2D eigenvalue weighted by Crippen LogP contribution is 2.04. The number of terminal acetylenes is 1. The van der Waals surface area contributed by atoms with Gasteiger partial charge in [-0.3, -0.25) is 0 Å². The molecule has 0 bridgehead atoms. The minimum Gasteiger partial charge on any atom is -0.481 e. The molecule has 0 aliphatic carbocycles. The van der Waals surface area contributed by atoms with E-state index >= 15 is 0 Å². The maximum absolute atomic E-state index is 5.18. The molecule has 1 nitrogen and oxygen atoms in total. The van der Waals surface area contributed by atoms with Crippen LogP contribution in [0.3, 0.4) is 0 Å². The Morgan fingerprint density at radius 2 is 2.33 bits per heavy atom. The molecule has 0 aromatic rings. The molecule has 0 amide bonds. The van der Waals surface area contributed by atoms with Crippen molar-refractivity contribution >= 4 is 0 Å². The molecule has 12 heavy (non-hydrogen) atoms. The van der Waals surface area contributed by atoms with Gasteiger partial charge in [-0.05, 0) is 26.0 Å². The highest BCUT2D eigenvalue weighted by molar-refractivity contribution is 5.23. The molecular weight excluding hydrogens is 148 g/mol. The summed E-state index contributed by atoms with van der Waals surface area (Å²) in [6, 6.07) is 0. The van der Waals surface area contributed by atoms with Crippen molar-refractivity contribution in [1.82, 2.24) is 0 Å². The van der Waals surface area contributed by atoms with Gasteiger partial charge in [0.05, 0.1) is 0 Å². The third kappa shape index (κ3) is 4.40. The molecule has 0 unspecified atom stereocenters. The lowest BCUT2D eigenvalue weighted by molar-refractivity contribution is 0.268. The standard InChI is InChI=1S/C11H14O/c1-5-8-12-11(7-3)9-10(4)6-2/h1,6-7,9H,3,8H2,2,4H3/b10-6-,11-9+. The first-order chi connectivity index (χ1) is 5.74. The Labute approximate surface area is 74.4 Å². The summed E-state index contributed by atoms with van der Waals surface area (Å²) in [5.74, 6) is 3.11. The monoisotopic (exact) mass is 162 g/mol. The Balaban J connectivity index is 4.25. The second-order valence-electron chi connectivity index (χ2n) is 2.28. The molecule has 0 aliphatic heterocycles. The van der Waals surface area contributed by atoms with Crippen LogP contribution in [0, 0.1) is 12.3 Å². The van der Waals surface area contributed by atoms with Gasteiger partial charge in [0.25, 0.3) is 0 Å². The largest absolute Gasteiger partial charge is 0.481 e. The van der Waals surface area contributed by atoms with E-state index in [-0.39, 0.29) is 6.61 Å². The molecule has 1 heteroatoms. The van der Waals surface area contributed by atoms with Crippen molar-refractivity contribution in [1.29, 1.82) is 0 Å². The van der Waals surface area contributed by atoms with Crippen molar-refractivity contribution in [2.24, 2.45) is 0 Å². The average Bonchev–Trinajstić information content (AvgIpc) is 2.11. The third-order valence-corrected chi connectivity index (χ3v) is 1.35. The van der Waals surface area contributed by atoms with E-state index in [4.69, 9.17) is 11.2 Å². The fourth-order valence-electron chi connectivity index (χ4n) is 0.592. The minimum absolute atomic E-state index is 0.287. The van der Waals surface area contributed by atoms with Crippen LogP contribution in [0.5, 0.6) is 0 Å². The number of allylic oxidation sites excluding steroid dienone is 4. The van der Waals surface area contributed by atoms with E-state index < -0.39 is 0 Å². The van der Waals surface area contributed by atoms with Crippen LogP contribution in [-0.2, 0) is 4.74 Å². The molecule has 0 fully saturated rings. The van der Waals surface area contributed by atoms with E-state index in [0.29, 0.717) is 5.76 Å². The van der Waals surface area contributed by atoms with Crippen LogP contribution >= 0.6 is 0 Å². The molecule has 0 N–H and O–H groups in total. The van der Waals surface area contributed by atoms with Crippen LogP contribution < -0.4 is 0 Å². The first-order valence-corrected chi connectivity index (χ1v) is 3.78. The lowest BCUT2D eigenvalue weighted by atomic mass is 10.2. The lowest BCUT2D eigenvalue weighted by Gasteiger charge is -2.01. The fraction of sp³-hybridized carbons (Fsp3) is 0.273. The van der Waals surface area contributed by atoms with Crippen molar-refractivity contribution in [3.8, 4) is 12.3 Å². The summed E-state index contributed by atoms with van der Waals surface area (Å²) in [5, 5.41) is 0.